The molecule has 0 spiro atoms. The van der Waals surface area contributed by atoms with Gasteiger partial charge in [0.05, 0.1) is 0 Å². The van der Waals surface area contributed by atoms with Crippen molar-refractivity contribution in [2.75, 3.05) is 0 Å². The Kier molecular flexibility index (Phi) is 4.57. The first-order valence-electron chi connectivity index (χ1n) is 4.64. The summed E-state index contributed by atoms with van der Waals surface area (Å²) in [5.41, 5.74) is 0.328. The molecule has 0 aromatic heterocycles. The average Bonchev–Trinajstić information content (AvgIpc) is 2.27. The Balaban J connectivity index is 3.14. The summed E-state index contributed by atoms with van der Waals surface area (Å²) in [5.74, 6) is -0.531. The summed E-state index contributed by atoms with van der Waals surface area (Å²) in [6.07, 6.45) is 0.500. The van der Waals surface area contributed by atoms with E-state index < -0.39 is 12.0 Å². The van der Waals surface area contributed by atoms with Gasteiger partial charge in [-0.1, -0.05) is 0 Å². The van der Waals surface area contributed by atoms with E-state index in [1.165, 1.54) is 19.1 Å². The van der Waals surface area contributed by atoms with Crippen molar-refractivity contribution >= 4 is 23.7 Å². The maximum absolute atomic E-state index is 12.0. The molecule has 3 nitrogen and oxygen atoms in total. The minimum atomic E-state index is -2.98. The molecule has 0 saturated carbocycles. The van der Waals surface area contributed by atoms with Gasteiger partial charge in [-0.15, -0.1) is 11.6 Å². The molecular formula is C11H9ClF2O3. The molecule has 0 saturated heterocycles. The minimum Gasteiger partial charge on any atom is -0.435 e. The molecule has 1 aromatic rings. The summed E-state index contributed by atoms with van der Waals surface area (Å²) < 4.78 is 28.2. The van der Waals surface area contributed by atoms with Crippen LogP contribution in [0, 0.1) is 0 Å². The zero-order valence-corrected chi connectivity index (χ0v) is 9.58. The average molecular weight is 263 g/mol. The van der Waals surface area contributed by atoms with Gasteiger partial charge < -0.3 is 4.74 Å². The molecule has 0 heterocycles. The van der Waals surface area contributed by atoms with Crippen molar-refractivity contribution in [3.63, 3.8) is 0 Å². The lowest BCUT2D eigenvalue weighted by Crippen LogP contribution is -2.07. The van der Waals surface area contributed by atoms with Gasteiger partial charge in [0.1, 0.15) is 17.4 Å². The van der Waals surface area contributed by atoms with E-state index in [-0.39, 0.29) is 22.7 Å². The van der Waals surface area contributed by atoms with E-state index in [9.17, 15) is 18.4 Å². The fourth-order valence-corrected chi connectivity index (χ4v) is 1.46. The number of carbonyl (C=O) groups excluding carboxylic acids is 2. The summed E-state index contributed by atoms with van der Waals surface area (Å²) in [4.78, 5) is 21.8. The van der Waals surface area contributed by atoms with Gasteiger partial charge in [0.25, 0.3) is 0 Å². The van der Waals surface area contributed by atoms with Crippen LogP contribution in [0.2, 0.25) is 0 Å². The number of Topliss-reactive ketones (excluding diaryl/α,β-unsaturated/α-hetero) is 1. The van der Waals surface area contributed by atoms with E-state index in [0.29, 0.717) is 6.29 Å². The number of hydrogen-bond acceptors (Lipinski definition) is 3. The molecule has 0 aliphatic carbocycles. The third-order valence-corrected chi connectivity index (χ3v) is 2.58. The van der Waals surface area contributed by atoms with Crippen LogP contribution in [0.15, 0.2) is 18.2 Å². The molecule has 92 valence electrons. The molecule has 0 aliphatic heterocycles. The van der Waals surface area contributed by atoms with Gasteiger partial charge in [0, 0.05) is 5.56 Å². The first-order chi connectivity index (χ1) is 7.95. The molecule has 0 aliphatic rings. The standard InChI is InChI=1S/C11H9ClF2O3/c1-6(16)10(12)9-4-8(17-11(13)14)3-2-7(9)5-15/h2-5,10-11H,1H3. The number of benzene rings is 1. The molecule has 0 N–H and O–H groups in total. The van der Waals surface area contributed by atoms with Gasteiger partial charge in [-0.3, -0.25) is 9.59 Å². The highest BCUT2D eigenvalue weighted by molar-refractivity contribution is 6.31. The molecule has 1 atom stereocenters. The lowest BCUT2D eigenvalue weighted by atomic mass is 10.0. The van der Waals surface area contributed by atoms with Crippen LogP contribution in [-0.4, -0.2) is 18.7 Å². The van der Waals surface area contributed by atoms with Crippen molar-refractivity contribution in [2.45, 2.75) is 18.9 Å². The molecule has 6 heteroatoms. The number of ketones is 1. The third kappa shape index (κ3) is 3.49. The molecule has 1 unspecified atom stereocenters. The van der Waals surface area contributed by atoms with Crippen molar-refractivity contribution in [1.82, 2.24) is 0 Å². The van der Waals surface area contributed by atoms with Gasteiger partial charge in [0.2, 0.25) is 0 Å². The summed E-state index contributed by atoms with van der Waals surface area (Å²) in [6.45, 7) is -1.73. The normalized spacial score (nSPS) is 12.3. The van der Waals surface area contributed by atoms with Crippen molar-refractivity contribution in [3.8, 4) is 5.75 Å². The quantitative estimate of drug-likeness (QED) is 0.605. The summed E-state index contributed by atoms with van der Waals surface area (Å²) in [7, 11) is 0. The second kappa shape index (κ2) is 5.72. The SMILES string of the molecule is CC(=O)C(Cl)c1cc(OC(F)F)ccc1C=O. The third-order valence-electron chi connectivity index (χ3n) is 2.04. The second-order valence-electron chi connectivity index (χ2n) is 3.26. The van der Waals surface area contributed by atoms with Crippen molar-refractivity contribution in [2.24, 2.45) is 0 Å². The van der Waals surface area contributed by atoms with Crippen LogP contribution in [0.1, 0.15) is 28.2 Å². The van der Waals surface area contributed by atoms with Gasteiger partial charge in [-0.25, -0.2) is 0 Å². The summed E-state index contributed by atoms with van der Waals surface area (Å²) >= 11 is 5.78. The van der Waals surface area contributed by atoms with Gasteiger partial charge in [-0.05, 0) is 30.7 Å². The number of hydrogen-bond donors (Lipinski definition) is 0. The Labute approximate surface area is 101 Å². The molecule has 0 radical (unpaired) electrons. The van der Waals surface area contributed by atoms with Crippen molar-refractivity contribution < 1.29 is 23.1 Å². The largest absolute Gasteiger partial charge is 0.435 e. The van der Waals surface area contributed by atoms with Crippen LogP contribution in [0.5, 0.6) is 5.75 Å². The van der Waals surface area contributed by atoms with Crippen LogP contribution in [-0.2, 0) is 4.79 Å². The maximum atomic E-state index is 12.0. The van der Waals surface area contributed by atoms with Gasteiger partial charge in [-0.2, -0.15) is 8.78 Å². The fourth-order valence-electron chi connectivity index (χ4n) is 1.27. The van der Waals surface area contributed by atoms with Crippen LogP contribution in [0.3, 0.4) is 0 Å². The lowest BCUT2D eigenvalue weighted by molar-refractivity contribution is -0.116. The smallest absolute Gasteiger partial charge is 0.387 e. The van der Waals surface area contributed by atoms with Crippen LogP contribution < -0.4 is 4.74 Å². The Hall–Kier alpha value is -1.49. The predicted molar refractivity (Wildman–Crippen MR) is 57.7 cm³/mol. The Morgan fingerprint density at radius 2 is 2.12 bits per heavy atom. The number of rotatable bonds is 5. The topological polar surface area (TPSA) is 43.4 Å². The van der Waals surface area contributed by atoms with E-state index in [0.717, 1.165) is 6.07 Å². The van der Waals surface area contributed by atoms with E-state index in [4.69, 9.17) is 11.6 Å². The van der Waals surface area contributed by atoms with E-state index in [2.05, 4.69) is 4.74 Å². The van der Waals surface area contributed by atoms with Crippen molar-refractivity contribution in [3.05, 3.63) is 29.3 Å². The molecule has 0 bridgehead atoms. The molecule has 17 heavy (non-hydrogen) atoms. The summed E-state index contributed by atoms with van der Waals surface area (Å²) in [6, 6.07) is 3.65. The van der Waals surface area contributed by atoms with Crippen LogP contribution in [0.4, 0.5) is 8.78 Å². The van der Waals surface area contributed by atoms with Crippen LogP contribution in [0.25, 0.3) is 0 Å². The highest BCUT2D eigenvalue weighted by Gasteiger charge is 2.18. The molecule has 1 aromatic carbocycles. The first kappa shape index (κ1) is 13.6. The number of carbonyl (C=O) groups is 2. The first-order valence-corrected chi connectivity index (χ1v) is 5.07. The minimum absolute atomic E-state index is 0.146. The Morgan fingerprint density at radius 3 is 2.59 bits per heavy atom. The molecule has 0 fully saturated rings. The van der Waals surface area contributed by atoms with Gasteiger partial charge >= 0.3 is 6.61 Å². The monoisotopic (exact) mass is 262 g/mol. The van der Waals surface area contributed by atoms with Gasteiger partial charge in [0.15, 0.2) is 5.78 Å². The van der Waals surface area contributed by atoms with Crippen LogP contribution >= 0.6 is 11.6 Å². The zero-order chi connectivity index (χ0) is 13.0. The summed E-state index contributed by atoms with van der Waals surface area (Å²) in [5, 5.41) is -1.06. The van der Waals surface area contributed by atoms with E-state index >= 15 is 0 Å². The maximum Gasteiger partial charge on any atom is 0.387 e. The lowest BCUT2D eigenvalue weighted by Gasteiger charge is -2.11. The Morgan fingerprint density at radius 1 is 1.47 bits per heavy atom. The highest BCUT2D eigenvalue weighted by Crippen LogP contribution is 2.28. The fraction of sp³-hybridized carbons (Fsp3) is 0.273. The van der Waals surface area contributed by atoms with Crippen molar-refractivity contribution in [1.29, 1.82) is 0 Å². The van der Waals surface area contributed by atoms with E-state index in [1.54, 1.807) is 0 Å². The highest BCUT2D eigenvalue weighted by atomic mass is 35.5. The number of ether oxygens (including phenoxy) is 1. The molecule has 0 amide bonds. The number of alkyl halides is 3. The molecular weight excluding hydrogens is 254 g/mol. The number of aldehydes is 1. The molecule has 1 rings (SSSR count). The number of halogens is 3. The Bertz CT molecular complexity index is 435. The predicted octanol–water partition coefficient (Wildman–Crippen LogP) is 2.97. The second-order valence-corrected chi connectivity index (χ2v) is 3.70. The zero-order valence-electron chi connectivity index (χ0n) is 8.82. The van der Waals surface area contributed by atoms with E-state index in [1.807, 2.05) is 0 Å².